The van der Waals surface area contributed by atoms with Crippen LogP contribution in [0.2, 0.25) is 20.1 Å². The summed E-state index contributed by atoms with van der Waals surface area (Å²) in [4.78, 5) is 4.12. The van der Waals surface area contributed by atoms with E-state index in [1.54, 1.807) is 12.1 Å². The SMILES string of the molecule is CCNCc1cc(Oc2cc(Cl)c(Cl)cc2Cl)ncc1Cl. The number of rotatable bonds is 5. The molecule has 0 saturated heterocycles. The topological polar surface area (TPSA) is 34.1 Å². The van der Waals surface area contributed by atoms with Crippen LogP contribution in [0.5, 0.6) is 11.6 Å². The second-order valence-corrected chi connectivity index (χ2v) is 5.82. The molecule has 0 fully saturated rings. The molecule has 0 saturated carbocycles. The van der Waals surface area contributed by atoms with Crippen molar-refractivity contribution in [3.63, 3.8) is 0 Å². The number of nitrogens with zero attached hydrogens (tertiary/aromatic N) is 1. The molecule has 21 heavy (non-hydrogen) atoms. The molecule has 1 aromatic carbocycles. The normalized spacial score (nSPS) is 10.7. The Morgan fingerprint density at radius 1 is 1.00 bits per heavy atom. The fraction of sp³-hybridized carbons (Fsp3) is 0.214. The number of hydrogen-bond acceptors (Lipinski definition) is 3. The van der Waals surface area contributed by atoms with Crippen LogP contribution in [-0.4, -0.2) is 11.5 Å². The van der Waals surface area contributed by atoms with Gasteiger partial charge in [-0.25, -0.2) is 4.98 Å². The van der Waals surface area contributed by atoms with Crippen LogP contribution in [0.3, 0.4) is 0 Å². The molecule has 2 rings (SSSR count). The predicted molar refractivity (Wildman–Crippen MR) is 88.2 cm³/mol. The van der Waals surface area contributed by atoms with Gasteiger partial charge in [0, 0.05) is 24.9 Å². The third-order valence-corrected chi connectivity index (χ3v) is 4.02. The second-order valence-electron chi connectivity index (χ2n) is 4.19. The van der Waals surface area contributed by atoms with Crippen molar-refractivity contribution in [1.82, 2.24) is 10.3 Å². The number of ether oxygens (including phenoxy) is 1. The smallest absolute Gasteiger partial charge is 0.219 e. The standard InChI is InChI=1S/C14H12Cl4N2O/c1-2-19-6-8-3-14(20-7-12(8)18)21-13-5-10(16)9(15)4-11(13)17/h3-5,7,19H,2,6H2,1H3. The lowest BCUT2D eigenvalue weighted by molar-refractivity contribution is 0.462. The number of halogens is 4. The minimum Gasteiger partial charge on any atom is -0.437 e. The van der Waals surface area contributed by atoms with Crippen LogP contribution in [0.15, 0.2) is 24.4 Å². The number of aromatic nitrogens is 1. The summed E-state index contributed by atoms with van der Waals surface area (Å²) in [7, 11) is 0. The van der Waals surface area contributed by atoms with Crippen LogP contribution >= 0.6 is 46.4 Å². The van der Waals surface area contributed by atoms with Crippen molar-refractivity contribution in [3.05, 3.63) is 50.0 Å². The van der Waals surface area contributed by atoms with Gasteiger partial charge in [0.05, 0.1) is 20.1 Å². The highest BCUT2D eigenvalue weighted by Crippen LogP contribution is 2.36. The molecule has 1 aromatic heterocycles. The lowest BCUT2D eigenvalue weighted by Crippen LogP contribution is -2.12. The molecule has 2 aromatic rings. The number of benzene rings is 1. The molecule has 0 aliphatic heterocycles. The first-order valence-electron chi connectivity index (χ1n) is 6.18. The maximum absolute atomic E-state index is 6.09. The summed E-state index contributed by atoms with van der Waals surface area (Å²) in [6.45, 7) is 3.48. The minimum atomic E-state index is 0.356. The number of hydrogen-bond donors (Lipinski definition) is 1. The fourth-order valence-electron chi connectivity index (χ4n) is 1.60. The van der Waals surface area contributed by atoms with Gasteiger partial charge in [0.15, 0.2) is 0 Å². The van der Waals surface area contributed by atoms with Crippen molar-refractivity contribution >= 4 is 46.4 Å². The Morgan fingerprint density at radius 2 is 1.71 bits per heavy atom. The highest BCUT2D eigenvalue weighted by atomic mass is 35.5. The van der Waals surface area contributed by atoms with Gasteiger partial charge in [0.2, 0.25) is 5.88 Å². The molecule has 1 heterocycles. The van der Waals surface area contributed by atoms with Gasteiger partial charge in [-0.05, 0) is 18.2 Å². The van der Waals surface area contributed by atoms with Crippen molar-refractivity contribution in [3.8, 4) is 11.6 Å². The van der Waals surface area contributed by atoms with Gasteiger partial charge >= 0.3 is 0 Å². The summed E-state index contributed by atoms with van der Waals surface area (Å²) in [6.07, 6.45) is 1.54. The molecule has 0 aliphatic rings. The van der Waals surface area contributed by atoms with Crippen LogP contribution in [0.1, 0.15) is 12.5 Å². The molecule has 7 heteroatoms. The minimum absolute atomic E-state index is 0.356. The summed E-state index contributed by atoms with van der Waals surface area (Å²) < 4.78 is 5.65. The van der Waals surface area contributed by atoms with Gasteiger partial charge in [-0.3, -0.25) is 0 Å². The lowest BCUT2D eigenvalue weighted by Gasteiger charge is -2.10. The molecule has 0 radical (unpaired) electrons. The van der Waals surface area contributed by atoms with Gasteiger partial charge in [-0.2, -0.15) is 0 Å². The summed E-state index contributed by atoms with van der Waals surface area (Å²) in [5, 5.41) is 4.85. The van der Waals surface area contributed by atoms with E-state index >= 15 is 0 Å². The predicted octanol–water partition coefficient (Wildman–Crippen LogP) is 5.60. The Bertz CT molecular complexity index is 649. The molecule has 0 atom stereocenters. The Morgan fingerprint density at radius 3 is 2.43 bits per heavy atom. The largest absolute Gasteiger partial charge is 0.437 e. The zero-order valence-electron chi connectivity index (χ0n) is 11.1. The van der Waals surface area contributed by atoms with Crippen LogP contribution < -0.4 is 10.1 Å². The first-order chi connectivity index (χ1) is 10.0. The highest BCUT2D eigenvalue weighted by molar-refractivity contribution is 6.43. The molecular formula is C14H12Cl4N2O. The molecule has 0 amide bonds. The molecular weight excluding hydrogens is 354 g/mol. The fourth-order valence-corrected chi connectivity index (χ4v) is 2.35. The van der Waals surface area contributed by atoms with E-state index in [1.165, 1.54) is 12.3 Å². The van der Waals surface area contributed by atoms with Gasteiger partial charge in [-0.1, -0.05) is 53.3 Å². The van der Waals surface area contributed by atoms with Crippen molar-refractivity contribution in [2.45, 2.75) is 13.5 Å². The van der Waals surface area contributed by atoms with Crippen molar-refractivity contribution in [2.24, 2.45) is 0 Å². The van der Waals surface area contributed by atoms with E-state index < -0.39 is 0 Å². The van der Waals surface area contributed by atoms with Gasteiger partial charge in [0.25, 0.3) is 0 Å². The summed E-state index contributed by atoms with van der Waals surface area (Å²) >= 11 is 24.0. The Labute approximate surface area is 143 Å². The number of pyridine rings is 1. The van der Waals surface area contributed by atoms with Crippen LogP contribution in [0, 0.1) is 0 Å². The van der Waals surface area contributed by atoms with E-state index in [0.29, 0.717) is 38.3 Å². The highest BCUT2D eigenvalue weighted by Gasteiger charge is 2.10. The molecule has 0 spiro atoms. The monoisotopic (exact) mass is 364 g/mol. The first-order valence-corrected chi connectivity index (χ1v) is 7.70. The summed E-state index contributed by atoms with van der Waals surface area (Å²) in [5.41, 5.74) is 0.889. The molecule has 0 aliphatic carbocycles. The van der Waals surface area contributed by atoms with E-state index in [9.17, 15) is 0 Å². The average molecular weight is 366 g/mol. The van der Waals surface area contributed by atoms with Crippen LogP contribution in [0.25, 0.3) is 0 Å². The third kappa shape index (κ3) is 4.38. The van der Waals surface area contributed by atoms with Gasteiger partial charge in [0.1, 0.15) is 5.75 Å². The summed E-state index contributed by atoms with van der Waals surface area (Å²) in [5.74, 6) is 0.767. The van der Waals surface area contributed by atoms with E-state index in [1.807, 2.05) is 6.92 Å². The van der Waals surface area contributed by atoms with Crippen molar-refractivity contribution in [2.75, 3.05) is 6.54 Å². The maximum atomic E-state index is 6.09. The zero-order valence-corrected chi connectivity index (χ0v) is 14.1. The quantitative estimate of drug-likeness (QED) is 0.700. The third-order valence-electron chi connectivity index (χ3n) is 2.66. The Kier molecular flexibility index (Phi) is 5.97. The maximum Gasteiger partial charge on any atom is 0.219 e. The zero-order chi connectivity index (χ0) is 15.4. The average Bonchev–Trinajstić information content (AvgIpc) is 2.45. The van der Waals surface area contributed by atoms with E-state index in [0.717, 1.165) is 12.1 Å². The molecule has 3 nitrogen and oxygen atoms in total. The second kappa shape index (κ2) is 7.52. The molecule has 0 unspecified atom stereocenters. The molecule has 0 bridgehead atoms. The Balaban J connectivity index is 2.25. The lowest BCUT2D eigenvalue weighted by atomic mass is 10.2. The van der Waals surface area contributed by atoms with Crippen molar-refractivity contribution < 1.29 is 4.74 Å². The van der Waals surface area contributed by atoms with Gasteiger partial charge in [-0.15, -0.1) is 0 Å². The number of nitrogens with one attached hydrogen (secondary N) is 1. The van der Waals surface area contributed by atoms with Crippen LogP contribution in [0.4, 0.5) is 0 Å². The molecule has 1 N–H and O–H groups in total. The van der Waals surface area contributed by atoms with Crippen LogP contribution in [-0.2, 0) is 6.54 Å². The van der Waals surface area contributed by atoms with Gasteiger partial charge < -0.3 is 10.1 Å². The summed E-state index contributed by atoms with van der Waals surface area (Å²) in [6, 6.07) is 4.83. The first kappa shape index (κ1) is 16.7. The molecule has 112 valence electrons. The van der Waals surface area contributed by atoms with E-state index in [2.05, 4.69) is 10.3 Å². The van der Waals surface area contributed by atoms with E-state index in [4.69, 9.17) is 51.1 Å². The Hall–Kier alpha value is -0.710. The van der Waals surface area contributed by atoms with E-state index in [-0.39, 0.29) is 0 Å². The van der Waals surface area contributed by atoms with Crippen molar-refractivity contribution in [1.29, 1.82) is 0 Å².